The van der Waals surface area contributed by atoms with Crippen LogP contribution < -0.4 is 5.32 Å². The molecule has 16 heavy (non-hydrogen) atoms. The smallest absolute Gasteiger partial charge is 0.356 e. The third-order valence-corrected chi connectivity index (χ3v) is 2.96. The zero-order valence-electron chi connectivity index (χ0n) is 9.69. The molecule has 2 heterocycles. The van der Waals surface area contributed by atoms with Crippen LogP contribution in [-0.2, 0) is 11.8 Å². The van der Waals surface area contributed by atoms with Crippen molar-refractivity contribution >= 4 is 5.97 Å². The van der Waals surface area contributed by atoms with E-state index in [1.807, 2.05) is 6.07 Å². The van der Waals surface area contributed by atoms with Crippen LogP contribution in [0.15, 0.2) is 6.07 Å². The molecule has 0 saturated carbocycles. The first-order chi connectivity index (χ1) is 7.72. The highest BCUT2D eigenvalue weighted by Gasteiger charge is 2.21. The predicted molar refractivity (Wildman–Crippen MR) is 59.1 cm³/mol. The van der Waals surface area contributed by atoms with Gasteiger partial charge in [-0.15, -0.1) is 0 Å². The molecular weight excluding hydrogens is 206 g/mol. The van der Waals surface area contributed by atoms with E-state index in [0.29, 0.717) is 5.69 Å². The van der Waals surface area contributed by atoms with Gasteiger partial charge >= 0.3 is 5.97 Å². The Kier molecular flexibility index (Phi) is 3.24. The average Bonchev–Trinajstić information content (AvgIpc) is 2.71. The number of piperidine rings is 1. The van der Waals surface area contributed by atoms with E-state index in [1.54, 1.807) is 11.7 Å². The summed E-state index contributed by atoms with van der Waals surface area (Å²) in [5, 5.41) is 7.76. The minimum Gasteiger partial charge on any atom is -0.464 e. The summed E-state index contributed by atoms with van der Waals surface area (Å²) < 4.78 is 6.28. The summed E-state index contributed by atoms with van der Waals surface area (Å²) >= 11 is 0. The number of methoxy groups -OCH3 is 1. The van der Waals surface area contributed by atoms with Gasteiger partial charge in [0.15, 0.2) is 0 Å². The topological polar surface area (TPSA) is 56.1 Å². The van der Waals surface area contributed by atoms with Gasteiger partial charge < -0.3 is 10.1 Å². The Morgan fingerprint density at radius 3 is 3.06 bits per heavy atom. The average molecular weight is 223 g/mol. The van der Waals surface area contributed by atoms with E-state index in [0.717, 1.165) is 18.7 Å². The third-order valence-electron chi connectivity index (χ3n) is 2.96. The molecule has 0 radical (unpaired) electrons. The molecule has 1 atom stereocenters. The zero-order valence-corrected chi connectivity index (χ0v) is 9.69. The molecule has 1 aromatic rings. The molecule has 0 amide bonds. The van der Waals surface area contributed by atoms with E-state index < -0.39 is 0 Å². The largest absolute Gasteiger partial charge is 0.464 e. The van der Waals surface area contributed by atoms with Crippen molar-refractivity contribution < 1.29 is 9.53 Å². The van der Waals surface area contributed by atoms with Gasteiger partial charge in [0.25, 0.3) is 0 Å². The van der Waals surface area contributed by atoms with Crippen LogP contribution in [0.3, 0.4) is 0 Å². The first-order valence-corrected chi connectivity index (χ1v) is 5.58. The van der Waals surface area contributed by atoms with E-state index in [4.69, 9.17) is 4.74 Å². The monoisotopic (exact) mass is 223 g/mol. The Bertz CT molecular complexity index is 381. The first kappa shape index (κ1) is 11.1. The van der Waals surface area contributed by atoms with Crippen molar-refractivity contribution in [2.24, 2.45) is 7.05 Å². The molecule has 88 valence electrons. The quantitative estimate of drug-likeness (QED) is 0.761. The lowest BCUT2D eigenvalue weighted by Gasteiger charge is -2.21. The molecule has 0 aromatic carbocycles. The van der Waals surface area contributed by atoms with Crippen LogP contribution in [0, 0.1) is 0 Å². The van der Waals surface area contributed by atoms with E-state index in [-0.39, 0.29) is 12.0 Å². The second-order valence-corrected chi connectivity index (χ2v) is 4.07. The Morgan fingerprint density at radius 2 is 2.44 bits per heavy atom. The van der Waals surface area contributed by atoms with Gasteiger partial charge in [0, 0.05) is 7.05 Å². The van der Waals surface area contributed by atoms with Crippen LogP contribution in [0.1, 0.15) is 41.5 Å². The maximum Gasteiger partial charge on any atom is 0.356 e. The van der Waals surface area contributed by atoms with Crippen molar-refractivity contribution in [3.05, 3.63) is 17.5 Å². The van der Waals surface area contributed by atoms with Crippen molar-refractivity contribution in [3.63, 3.8) is 0 Å². The maximum atomic E-state index is 11.4. The van der Waals surface area contributed by atoms with Crippen LogP contribution in [0.25, 0.3) is 0 Å². The molecule has 1 saturated heterocycles. The number of hydrogen-bond donors (Lipinski definition) is 1. The number of carbonyl (C=O) groups excluding carboxylic acids is 1. The van der Waals surface area contributed by atoms with Crippen LogP contribution in [0.4, 0.5) is 0 Å². The van der Waals surface area contributed by atoms with Crippen molar-refractivity contribution in [3.8, 4) is 0 Å². The number of nitrogens with zero attached hydrogens (tertiary/aromatic N) is 2. The molecule has 1 unspecified atom stereocenters. The van der Waals surface area contributed by atoms with Crippen molar-refractivity contribution in [2.75, 3.05) is 13.7 Å². The highest BCUT2D eigenvalue weighted by atomic mass is 16.5. The Morgan fingerprint density at radius 1 is 1.62 bits per heavy atom. The second-order valence-electron chi connectivity index (χ2n) is 4.07. The molecule has 1 aliphatic heterocycles. The van der Waals surface area contributed by atoms with Crippen LogP contribution in [0.5, 0.6) is 0 Å². The summed E-state index contributed by atoms with van der Waals surface area (Å²) in [6, 6.07) is 2.09. The molecule has 1 aliphatic rings. The number of aromatic nitrogens is 2. The number of aryl methyl sites for hydroxylation is 1. The molecule has 5 nitrogen and oxygen atoms in total. The lowest BCUT2D eigenvalue weighted by Crippen LogP contribution is -2.27. The molecule has 5 heteroatoms. The Hall–Kier alpha value is -1.36. The number of nitrogens with one attached hydrogen (secondary N) is 1. The Balaban J connectivity index is 2.19. The van der Waals surface area contributed by atoms with Gasteiger partial charge in [0.2, 0.25) is 0 Å². The summed E-state index contributed by atoms with van der Waals surface area (Å²) in [5.74, 6) is -0.336. The fourth-order valence-electron chi connectivity index (χ4n) is 2.06. The normalized spacial score (nSPS) is 20.8. The first-order valence-electron chi connectivity index (χ1n) is 5.58. The summed E-state index contributed by atoms with van der Waals surface area (Å²) in [7, 11) is 3.15. The summed E-state index contributed by atoms with van der Waals surface area (Å²) in [4.78, 5) is 11.4. The van der Waals surface area contributed by atoms with Gasteiger partial charge in [-0.1, -0.05) is 6.42 Å². The highest BCUT2D eigenvalue weighted by Crippen LogP contribution is 2.22. The van der Waals surface area contributed by atoms with Gasteiger partial charge in [-0.2, -0.15) is 5.10 Å². The Labute approximate surface area is 94.8 Å². The fraction of sp³-hybridized carbons (Fsp3) is 0.636. The molecule has 1 fully saturated rings. The van der Waals surface area contributed by atoms with Gasteiger partial charge in [-0.05, 0) is 25.5 Å². The SMILES string of the molecule is COC(=O)c1cc(C2CCCCN2)nn1C. The number of ether oxygens (including phenoxy) is 1. The van der Waals surface area contributed by atoms with Gasteiger partial charge in [0.05, 0.1) is 18.8 Å². The molecule has 1 N–H and O–H groups in total. The number of carbonyl (C=O) groups is 1. The lowest BCUT2D eigenvalue weighted by atomic mass is 10.0. The van der Waals surface area contributed by atoms with Crippen LogP contribution in [0.2, 0.25) is 0 Å². The van der Waals surface area contributed by atoms with E-state index in [1.165, 1.54) is 20.0 Å². The molecule has 2 rings (SSSR count). The number of esters is 1. The fourth-order valence-corrected chi connectivity index (χ4v) is 2.06. The molecule has 0 spiro atoms. The molecule has 0 bridgehead atoms. The third kappa shape index (κ3) is 2.09. The van der Waals surface area contributed by atoms with Gasteiger partial charge in [0.1, 0.15) is 5.69 Å². The minimum atomic E-state index is -0.336. The van der Waals surface area contributed by atoms with E-state index in [2.05, 4.69) is 10.4 Å². The minimum absolute atomic E-state index is 0.276. The van der Waals surface area contributed by atoms with Crippen LogP contribution >= 0.6 is 0 Å². The highest BCUT2D eigenvalue weighted by molar-refractivity contribution is 5.87. The number of hydrogen-bond acceptors (Lipinski definition) is 4. The van der Waals surface area contributed by atoms with Crippen molar-refractivity contribution in [1.82, 2.24) is 15.1 Å². The van der Waals surface area contributed by atoms with Crippen molar-refractivity contribution in [2.45, 2.75) is 25.3 Å². The van der Waals surface area contributed by atoms with Crippen LogP contribution in [-0.4, -0.2) is 29.4 Å². The summed E-state index contributed by atoms with van der Waals surface area (Å²) in [6.07, 6.45) is 3.51. The second kappa shape index (κ2) is 4.65. The predicted octanol–water partition coefficient (Wildman–Crippen LogP) is 1.02. The van der Waals surface area contributed by atoms with Gasteiger partial charge in [-0.3, -0.25) is 4.68 Å². The summed E-state index contributed by atoms with van der Waals surface area (Å²) in [6.45, 7) is 1.02. The molecule has 0 aliphatic carbocycles. The van der Waals surface area contributed by atoms with E-state index >= 15 is 0 Å². The summed E-state index contributed by atoms with van der Waals surface area (Å²) in [5.41, 5.74) is 1.44. The lowest BCUT2D eigenvalue weighted by molar-refractivity contribution is 0.0588. The molecule has 1 aromatic heterocycles. The van der Waals surface area contributed by atoms with E-state index in [9.17, 15) is 4.79 Å². The zero-order chi connectivity index (χ0) is 11.5. The van der Waals surface area contributed by atoms with Crippen molar-refractivity contribution in [1.29, 1.82) is 0 Å². The maximum absolute atomic E-state index is 11.4. The number of rotatable bonds is 2. The van der Waals surface area contributed by atoms with Gasteiger partial charge in [-0.25, -0.2) is 4.79 Å². The molecular formula is C11H17N3O2. The standard InChI is InChI=1S/C11H17N3O2/c1-14-10(11(15)16-2)7-9(13-14)8-5-3-4-6-12-8/h7-8,12H,3-6H2,1-2H3.